The van der Waals surface area contributed by atoms with Crippen molar-refractivity contribution >= 4 is 29.4 Å². The number of hydrogen-bond acceptors (Lipinski definition) is 7. The van der Waals surface area contributed by atoms with Gasteiger partial charge in [0.15, 0.2) is 0 Å². The van der Waals surface area contributed by atoms with E-state index in [0.717, 1.165) is 16.8 Å². The third kappa shape index (κ3) is 11.2. The largest absolute Gasteiger partial charge is 0.497 e. The van der Waals surface area contributed by atoms with Gasteiger partial charge in [0.05, 0.1) is 7.11 Å². The van der Waals surface area contributed by atoms with Gasteiger partial charge in [-0.25, -0.2) is 0 Å². The number of hydrogen-bond donors (Lipinski definition) is 4. The van der Waals surface area contributed by atoms with Crippen molar-refractivity contribution in [3.63, 3.8) is 0 Å². The molecule has 0 aliphatic carbocycles. The zero-order valence-corrected chi connectivity index (χ0v) is 27.8. The first-order chi connectivity index (χ1) is 23.6. The molecular formula is C37H42N6O6. The summed E-state index contributed by atoms with van der Waals surface area (Å²) in [6.45, 7) is 1.66. The number of methoxy groups -OCH3 is 1. The van der Waals surface area contributed by atoms with Crippen LogP contribution in [0.25, 0.3) is 0 Å². The molecule has 4 aromatic rings. The quantitative estimate of drug-likeness (QED) is 0.126. The number of aromatic nitrogens is 2. The summed E-state index contributed by atoms with van der Waals surface area (Å²) in [5.41, 5.74) is 3.13. The van der Waals surface area contributed by atoms with Crippen molar-refractivity contribution in [2.24, 2.45) is 7.05 Å². The SMILES string of the molecule is COc1ccc(C[C@H](NC(=O)[C@H](C)NC(=O)CCc2ccnn2C)C(=O)NC(Cc2ccccc2)C(=O)C(=O)NCc2ccccc2)cc1. The van der Waals surface area contributed by atoms with Gasteiger partial charge in [-0.1, -0.05) is 72.8 Å². The normalized spacial score (nSPS) is 12.6. The highest BCUT2D eigenvalue weighted by Gasteiger charge is 2.31. The third-order valence-corrected chi connectivity index (χ3v) is 7.97. The lowest BCUT2D eigenvalue weighted by Crippen LogP contribution is -2.57. The number of aryl methyl sites for hydroxylation is 2. The maximum absolute atomic E-state index is 13.9. The number of rotatable bonds is 17. The predicted molar refractivity (Wildman–Crippen MR) is 183 cm³/mol. The lowest BCUT2D eigenvalue weighted by molar-refractivity contribution is -0.140. The third-order valence-electron chi connectivity index (χ3n) is 7.97. The van der Waals surface area contributed by atoms with Gasteiger partial charge in [-0.2, -0.15) is 5.10 Å². The van der Waals surface area contributed by atoms with Crippen molar-refractivity contribution in [3.05, 3.63) is 120 Å². The average molecular weight is 667 g/mol. The zero-order chi connectivity index (χ0) is 35.2. The minimum Gasteiger partial charge on any atom is -0.497 e. The van der Waals surface area contributed by atoms with E-state index < -0.39 is 41.6 Å². The molecule has 12 heteroatoms. The summed E-state index contributed by atoms with van der Waals surface area (Å²) in [6, 6.07) is 23.6. The highest BCUT2D eigenvalue weighted by Crippen LogP contribution is 2.14. The van der Waals surface area contributed by atoms with Gasteiger partial charge in [-0.3, -0.25) is 28.7 Å². The predicted octanol–water partition coefficient (Wildman–Crippen LogP) is 2.21. The Morgan fingerprint density at radius 2 is 1.33 bits per heavy atom. The first kappa shape index (κ1) is 36.1. The number of Topliss-reactive ketones (excluding diaryl/α,β-unsaturated/α-hetero) is 1. The molecule has 0 saturated heterocycles. The van der Waals surface area contributed by atoms with Crippen LogP contribution in [0.5, 0.6) is 5.75 Å². The molecule has 0 fully saturated rings. The van der Waals surface area contributed by atoms with E-state index in [4.69, 9.17) is 4.74 Å². The average Bonchev–Trinajstić information content (AvgIpc) is 3.54. The molecule has 0 radical (unpaired) electrons. The number of nitrogens with zero attached hydrogens (tertiary/aromatic N) is 2. The van der Waals surface area contributed by atoms with Crippen molar-refractivity contribution in [1.82, 2.24) is 31.0 Å². The van der Waals surface area contributed by atoms with E-state index in [1.165, 1.54) is 14.0 Å². The van der Waals surface area contributed by atoms with Crippen LogP contribution in [-0.4, -0.2) is 64.4 Å². The van der Waals surface area contributed by atoms with Crippen LogP contribution >= 0.6 is 0 Å². The molecule has 1 heterocycles. The van der Waals surface area contributed by atoms with E-state index in [1.54, 1.807) is 66.5 Å². The minimum absolute atomic E-state index is 0.0521. The minimum atomic E-state index is -1.22. The first-order valence-corrected chi connectivity index (χ1v) is 16.0. The number of ether oxygens (including phenoxy) is 1. The van der Waals surface area contributed by atoms with Crippen LogP contribution in [-0.2, 0) is 56.8 Å². The standard InChI is InChI=1S/C37H42N6O6/c1-25(40-33(44)19-16-29-20-21-39-43(29)2)35(46)42-32(23-27-14-17-30(49-3)18-15-27)36(47)41-31(22-26-10-6-4-7-11-26)34(45)37(48)38-24-28-12-8-5-9-13-28/h4-15,17-18,20-21,25,31-32H,16,19,22-24H2,1-3H3,(H,38,48)(H,40,44)(H,41,47)(H,42,46)/t25-,31?,32-/m0/s1. The zero-order valence-electron chi connectivity index (χ0n) is 27.8. The van der Waals surface area contributed by atoms with E-state index in [9.17, 15) is 24.0 Å². The van der Waals surface area contributed by atoms with Crippen molar-refractivity contribution in [2.45, 2.75) is 57.3 Å². The summed E-state index contributed by atoms with van der Waals surface area (Å²) in [5, 5.41) is 14.9. The molecule has 0 bridgehead atoms. The summed E-state index contributed by atoms with van der Waals surface area (Å²) in [7, 11) is 3.32. The monoisotopic (exact) mass is 666 g/mol. The Balaban J connectivity index is 1.48. The van der Waals surface area contributed by atoms with Gasteiger partial charge in [0.2, 0.25) is 23.5 Å². The number of benzene rings is 3. The maximum atomic E-state index is 13.9. The molecule has 0 saturated carbocycles. The maximum Gasteiger partial charge on any atom is 0.289 e. The van der Waals surface area contributed by atoms with E-state index in [0.29, 0.717) is 17.7 Å². The van der Waals surface area contributed by atoms with Gasteiger partial charge >= 0.3 is 0 Å². The number of nitrogens with one attached hydrogen (secondary N) is 4. The highest BCUT2D eigenvalue weighted by atomic mass is 16.5. The van der Waals surface area contributed by atoms with Crippen LogP contribution in [0.4, 0.5) is 0 Å². The van der Waals surface area contributed by atoms with Gasteiger partial charge < -0.3 is 26.0 Å². The first-order valence-electron chi connectivity index (χ1n) is 16.0. The summed E-state index contributed by atoms with van der Waals surface area (Å²) in [5.74, 6) is -2.64. The molecule has 3 aromatic carbocycles. The summed E-state index contributed by atoms with van der Waals surface area (Å²) < 4.78 is 6.92. The van der Waals surface area contributed by atoms with Crippen LogP contribution in [0.2, 0.25) is 0 Å². The Morgan fingerprint density at radius 1 is 0.735 bits per heavy atom. The molecule has 0 aliphatic rings. The molecule has 49 heavy (non-hydrogen) atoms. The molecule has 1 aromatic heterocycles. The fraction of sp³-hybridized carbons (Fsp3) is 0.297. The second-order valence-electron chi connectivity index (χ2n) is 11.6. The van der Waals surface area contributed by atoms with Crippen molar-refractivity contribution < 1.29 is 28.7 Å². The lowest BCUT2D eigenvalue weighted by Gasteiger charge is -2.24. The summed E-state index contributed by atoms with van der Waals surface area (Å²) in [4.78, 5) is 66.4. The van der Waals surface area contributed by atoms with E-state index >= 15 is 0 Å². The Kier molecular flexibility index (Phi) is 13.2. The van der Waals surface area contributed by atoms with E-state index in [-0.39, 0.29) is 31.7 Å². The van der Waals surface area contributed by atoms with Gasteiger partial charge in [0.25, 0.3) is 5.91 Å². The summed E-state index contributed by atoms with van der Waals surface area (Å²) >= 11 is 0. The molecule has 1 unspecified atom stereocenters. The molecule has 4 amide bonds. The van der Waals surface area contributed by atoms with Crippen LogP contribution in [0, 0.1) is 0 Å². The number of ketones is 1. The Labute approximate surface area is 285 Å². The molecule has 0 aliphatic heterocycles. The number of carbonyl (C=O) groups is 5. The van der Waals surface area contributed by atoms with Gasteiger partial charge in [0, 0.05) is 44.7 Å². The fourth-order valence-electron chi connectivity index (χ4n) is 5.13. The van der Waals surface area contributed by atoms with E-state index in [1.807, 2.05) is 42.5 Å². The Morgan fingerprint density at radius 3 is 1.94 bits per heavy atom. The van der Waals surface area contributed by atoms with Crippen LogP contribution < -0.4 is 26.0 Å². The molecule has 4 rings (SSSR count). The highest BCUT2D eigenvalue weighted by molar-refractivity contribution is 6.38. The second kappa shape index (κ2) is 17.9. The molecule has 4 N–H and O–H groups in total. The van der Waals surface area contributed by atoms with Gasteiger partial charge in [-0.15, -0.1) is 0 Å². The number of amides is 4. The summed E-state index contributed by atoms with van der Waals surface area (Å²) in [6.07, 6.45) is 2.34. The molecule has 256 valence electrons. The smallest absolute Gasteiger partial charge is 0.289 e. The lowest BCUT2D eigenvalue weighted by atomic mass is 9.99. The van der Waals surface area contributed by atoms with E-state index in [2.05, 4.69) is 26.4 Å². The molecule has 12 nitrogen and oxygen atoms in total. The van der Waals surface area contributed by atoms with Gasteiger partial charge in [0.1, 0.15) is 23.9 Å². The van der Waals surface area contributed by atoms with Crippen molar-refractivity contribution in [3.8, 4) is 5.75 Å². The molecular weight excluding hydrogens is 624 g/mol. The van der Waals surface area contributed by atoms with Crippen molar-refractivity contribution in [1.29, 1.82) is 0 Å². The van der Waals surface area contributed by atoms with Crippen LogP contribution in [0.1, 0.15) is 35.7 Å². The number of carbonyl (C=O) groups excluding carboxylic acids is 5. The molecule has 3 atom stereocenters. The van der Waals surface area contributed by atoms with Crippen LogP contribution in [0.15, 0.2) is 97.2 Å². The fourth-order valence-corrected chi connectivity index (χ4v) is 5.13. The topological polar surface area (TPSA) is 161 Å². The van der Waals surface area contributed by atoms with Crippen LogP contribution in [0.3, 0.4) is 0 Å². The Bertz CT molecular complexity index is 1710. The van der Waals surface area contributed by atoms with Crippen molar-refractivity contribution in [2.75, 3.05) is 7.11 Å². The van der Waals surface area contributed by atoms with Gasteiger partial charge in [-0.05, 0) is 48.2 Å². The molecule has 0 spiro atoms. The Hall–Kier alpha value is -5.78. The second-order valence-corrected chi connectivity index (χ2v) is 11.6.